The summed E-state index contributed by atoms with van der Waals surface area (Å²) in [4.78, 5) is 0. The third kappa shape index (κ3) is 3.18. The summed E-state index contributed by atoms with van der Waals surface area (Å²) in [5, 5.41) is 0.802. The van der Waals surface area contributed by atoms with Crippen molar-refractivity contribution in [3.63, 3.8) is 0 Å². The number of hydrogen-bond acceptors (Lipinski definition) is 1. The van der Waals surface area contributed by atoms with E-state index in [1.165, 1.54) is 0 Å². The molecule has 74 valence electrons. The second-order valence-electron chi connectivity index (χ2n) is 3.02. The molecule has 0 radical (unpaired) electrons. The van der Waals surface area contributed by atoms with Crippen molar-refractivity contribution >= 4 is 24.0 Å². The van der Waals surface area contributed by atoms with Gasteiger partial charge in [0.25, 0.3) is 0 Å². The topological polar surface area (TPSA) is 26.0 Å². The molecule has 0 aromatic heterocycles. The minimum atomic E-state index is 0. The molecular formula is C10H15Cl2N. The third-order valence-electron chi connectivity index (χ3n) is 2.06. The highest BCUT2D eigenvalue weighted by molar-refractivity contribution is 6.31. The van der Waals surface area contributed by atoms with Gasteiger partial charge in [-0.25, -0.2) is 0 Å². The molecule has 13 heavy (non-hydrogen) atoms. The van der Waals surface area contributed by atoms with E-state index in [0.29, 0.717) is 0 Å². The van der Waals surface area contributed by atoms with Crippen LogP contribution in [-0.4, -0.2) is 0 Å². The second kappa shape index (κ2) is 5.48. The molecular weight excluding hydrogens is 205 g/mol. The maximum absolute atomic E-state index is 5.96. The van der Waals surface area contributed by atoms with Crippen LogP contribution in [0.15, 0.2) is 18.2 Å². The van der Waals surface area contributed by atoms with E-state index in [1.807, 2.05) is 25.1 Å². The molecule has 1 rings (SSSR count). The summed E-state index contributed by atoms with van der Waals surface area (Å²) >= 11 is 5.96. The minimum absolute atomic E-state index is 0. The van der Waals surface area contributed by atoms with E-state index in [2.05, 4.69) is 6.92 Å². The second-order valence-corrected chi connectivity index (χ2v) is 3.43. The lowest BCUT2D eigenvalue weighted by Gasteiger charge is -2.09. The van der Waals surface area contributed by atoms with Gasteiger partial charge in [0.1, 0.15) is 0 Å². The number of aryl methyl sites for hydroxylation is 1. The van der Waals surface area contributed by atoms with Crippen molar-refractivity contribution in [2.45, 2.75) is 26.3 Å². The number of nitrogens with two attached hydrogens (primary N) is 1. The Labute approximate surface area is 90.7 Å². The fraction of sp³-hybridized carbons (Fsp3) is 0.400. The van der Waals surface area contributed by atoms with Gasteiger partial charge in [0, 0.05) is 11.1 Å². The Hall–Kier alpha value is -0.240. The SMILES string of the molecule is CC[C@H](N)c1ccc(C)c(Cl)c1.Cl. The van der Waals surface area contributed by atoms with E-state index < -0.39 is 0 Å². The van der Waals surface area contributed by atoms with Crippen LogP contribution in [0.5, 0.6) is 0 Å². The van der Waals surface area contributed by atoms with Crippen LogP contribution >= 0.6 is 24.0 Å². The Bertz CT molecular complexity index is 274. The number of benzene rings is 1. The lowest BCUT2D eigenvalue weighted by molar-refractivity contribution is 0.698. The molecule has 0 spiro atoms. The Morgan fingerprint density at radius 3 is 2.54 bits per heavy atom. The number of hydrogen-bond donors (Lipinski definition) is 1. The molecule has 1 aromatic carbocycles. The Kier molecular flexibility index (Phi) is 5.38. The average molecular weight is 220 g/mol. The van der Waals surface area contributed by atoms with E-state index >= 15 is 0 Å². The van der Waals surface area contributed by atoms with Crippen molar-refractivity contribution in [2.24, 2.45) is 5.73 Å². The monoisotopic (exact) mass is 219 g/mol. The van der Waals surface area contributed by atoms with Gasteiger partial charge in [-0.3, -0.25) is 0 Å². The van der Waals surface area contributed by atoms with Crippen molar-refractivity contribution in [3.8, 4) is 0 Å². The molecule has 0 aliphatic heterocycles. The summed E-state index contributed by atoms with van der Waals surface area (Å²) in [6.45, 7) is 4.06. The highest BCUT2D eigenvalue weighted by Crippen LogP contribution is 2.21. The minimum Gasteiger partial charge on any atom is -0.324 e. The molecule has 0 heterocycles. The quantitative estimate of drug-likeness (QED) is 0.811. The Morgan fingerprint density at radius 1 is 1.46 bits per heavy atom. The van der Waals surface area contributed by atoms with Crippen LogP contribution in [0.1, 0.15) is 30.5 Å². The van der Waals surface area contributed by atoms with Gasteiger partial charge in [-0.15, -0.1) is 12.4 Å². The first kappa shape index (κ1) is 12.8. The zero-order valence-electron chi connectivity index (χ0n) is 7.88. The van der Waals surface area contributed by atoms with Crippen LogP contribution in [0.25, 0.3) is 0 Å². The van der Waals surface area contributed by atoms with Gasteiger partial charge >= 0.3 is 0 Å². The van der Waals surface area contributed by atoms with Gasteiger partial charge < -0.3 is 5.73 Å². The summed E-state index contributed by atoms with van der Waals surface area (Å²) in [7, 11) is 0. The Morgan fingerprint density at radius 2 is 2.08 bits per heavy atom. The van der Waals surface area contributed by atoms with Crippen LogP contribution < -0.4 is 5.73 Å². The smallest absolute Gasteiger partial charge is 0.0438 e. The summed E-state index contributed by atoms with van der Waals surface area (Å²) in [6, 6.07) is 6.11. The molecule has 0 saturated heterocycles. The van der Waals surface area contributed by atoms with Crippen LogP contribution in [0.2, 0.25) is 5.02 Å². The molecule has 3 heteroatoms. The zero-order chi connectivity index (χ0) is 9.14. The van der Waals surface area contributed by atoms with Gasteiger partial charge in [-0.2, -0.15) is 0 Å². The molecule has 0 aliphatic rings. The molecule has 0 bridgehead atoms. The highest BCUT2D eigenvalue weighted by atomic mass is 35.5. The predicted molar refractivity (Wildman–Crippen MR) is 60.7 cm³/mol. The third-order valence-corrected chi connectivity index (χ3v) is 2.47. The molecule has 2 N–H and O–H groups in total. The van der Waals surface area contributed by atoms with Crippen molar-refractivity contribution in [1.29, 1.82) is 0 Å². The summed E-state index contributed by atoms with van der Waals surface area (Å²) in [5.74, 6) is 0. The van der Waals surface area contributed by atoms with Crippen LogP contribution in [0.3, 0.4) is 0 Å². The average Bonchev–Trinajstić information content (AvgIpc) is 2.08. The van der Waals surface area contributed by atoms with Crippen LogP contribution in [0.4, 0.5) is 0 Å². The van der Waals surface area contributed by atoms with Crippen LogP contribution in [0, 0.1) is 6.92 Å². The standard InChI is InChI=1S/C10H14ClN.ClH/c1-3-10(12)8-5-4-7(2)9(11)6-8;/h4-6,10H,3,12H2,1-2H3;1H/t10-;/m0./s1. The summed E-state index contributed by atoms with van der Waals surface area (Å²) in [5.41, 5.74) is 8.07. The lowest BCUT2D eigenvalue weighted by Crippen LogP contribution is -2.08. The first-order chi connectivity index (χ1) is 5.65. The fourth-order valence-electron chi connectivity index (χ4n) is 1.08. The van der Waals surface area contributed by atoms with Gasteiger partial charge in [-0.1, -0.05) is 30.7 Å². The molecule has 1 aromatic rings. The summed E-state index contributed by atoms with van der Waals surface area (Å²) < 4.78 is 0. The van der Waals surface area contributed by atoms with Gasteiger partial charge in [0.05, 0.1) is 0 Å². The largest absolute Gasteiger partial charge is 0.324 e. The van der Waals surface area contributed by atoms with Crippen molar-refractivity contribution < 1.29 is 0 Å². The molecule has 0 aliphatic carbocycles. The number of halogens is 2. The molecule has 0 unspecified atom stereocenters. The predicted octanol–water partition coefficient (Wildman–Crippen LogP) is 3.48. The van der Waals surface area contributed by atoms with E-state index in [1.54, 1.807) is 0 Å². The molecule has 0 amide bonds. The zero-order valence-corrected chi connectivity index (χ0v) is 9.45. The summed E-state index contributed by atoms with van der Waals surface area (Å²) in [6.07, 6.45) is 0.944. The van der Waals surface area contributed by atoms with Crippen molar-refractivity contribution in [3.05, 3.63) is 34.3 Å². The van der Waals surface area contributed by atoms with Gasteiger partial charge in [0.2, 0.25) is 0 Å². The van der Waals surface area contributed by atoms with Gasteiger partial charge in [0.15, 0.2) is 0 Å². The maximum Gasteiger partial charge on any atom is 0.0438 e. The van der Waals surface area contributed by atoms with Crippen molar-refractivity contribution in [1.82, 2.24) is 0 Å². The molecule has 0 fully saturated rings. The van der Waals surface area contributed by atoms with Gasteiger partial charge in [-0.05, 0) is 30.5 Å². The van der Waals surface area contributed by atoms with E-state index in [4.69, 9.17) is 17.3 Å². The highest BCUT2D eigenvalue weighted by Gasteiger charge is 2.04. The molecule has 1 atom stereocenters. The Balaban J connectivity index is 0.00000144. The van der Waals surface area contributed by atoms with E-state index in [0.717, 1.165) is 22.6 Å². The maximum atomic E-state index is 5.96. The molecule has 0 saturated carbocycles. The fourth-order valence-corrected chi connectivity index (χ4v) is 1.26. The lowest BCUT2D eigenvalue weighted by atomic mass is 10.0. The number of rotatable bonds is 2. The molecule has 1 nitrogen and oxygen atoms in total. The van der Waals surface area contributed by atoms with E-state index in [9.17, 15) is 0 Å². The normalized spacial score (nSPS) is 12.0. The van der Waals surface area contributed by atoms with Crippen molar-refractivity contribution in [2.75, 3.05) is 0 Å². The first-order valence-corrected chi connectivity index (χ1v) is 4.54. The van der Waals surface area contributed by atoms with Crippen LogP contribution in [-0.2, 0) is 0 Å². The van der Waals surface area contributed by atoms with E-state index in [-0.39, 0.29) is 18.4 Å². The first-order valence-electron chi connectivity index (χ1n) is 4.16.